The molecule has 1 N–H and O–H groups in total. The summed E-state index contributed by atoms with van der Waals surface area (Å²) in [4.78, 5) is 17.0. The number of para-hydroxylation sites is 1. The van der Waals surface area contributed by atoms with Gasteiger partial charge in [-0.05, 0) is 49.6 Å². The lowest BCUT2D eigenvalue weighted by Gasteiger charge is -2.11. The first kappa shape index (κ1) is 22.8. The number of nitrogens with zero attached hydrogens (tertiary/aromatic N) is 4. The third kappa shape index (κ3) is 5.18. The smallest absolute Gasteiger partial charge is 0.280 e. The van der Waals surface area contributed by atoms with Gasteiger partial charge in [0.15, 0.2) is 5.69 Å². The Balaban J connectivity index is 1.45. The standard InChI is InChI=1S/C23H21Cl2N5O3/c1-13-5-4-6-14(2)21(13)32-11-17-15(3)33-29-20(17)22(31)27-23-26-12-30(28-23)10-16-7-8-18(24)19(25)9-16/h4-9,12H,10-11H2,1-3H3,(H,27,28,31). The fourth-order valence-electron chi connectivity index (χ4n) is 3.32. The molecular weight excluding hydrogens is 465 g/mol. The average molecular weight is 486 g/mol. The van der Waals surface area contributed by atoms with E-state index >= 15 is 0 Å². The summed E-state index contributed by atoms with van der Waals surface area (Å²) in [5, 5.41) is 11.8. The molecule has 0 atom stereocenters. The molecule has 8 nitrogen and oxygen atoms in total. The highest BCUT2D eigenvalue weighted by atomic mass is 35.5. The number of benzene rings is 2. The Morgan fingerprint density at radius 1 is 1.12 bits per heavy atom. The second kappa shape index (κ2) is 9.64. The van der Waals surface area contributed by atoms with Crippen LogP contribution in [-0.2, 0) is 13.2 Å². The van der Waals surface area contributed by atoms with E-state index in [-0.39, 0.29) is 18.2 Å². The quantitative estimate of drug-likeness (QED) is 0.377. The van der Waals surface area contributed by atoms with Gasteiger partial charge in [-0.1, -0.05) is 52.6 Å². The highest BCUT2D eigenvalue weighted by Crippen LogP contribution is 2.25. The van der Waals surface area contributed by atoms with Crippen LogP contribution in [0.2, 0.25) is 10.0 Å². The zero-order valence-electron chi connectivity index (χ0n) is 18.2. The van der Waals surface area contributed by atoms with Crippen molar-refractivity contribution in [2.75, 3.05) is 5.32 Å². The molecule has 2 aromatic carbocycles. The van der Waals surface area contributed by atoms with Crippen molar-refractivity contribution in [3.8, 4) is 5.75 Å². The maximum atomic E-state index is 12.8. The first-order valence-electron chi connectivity index (χ1n) is 10.1. The number of carbonyl (C=O) groups is 1. The summed E-state index contributed by atoms with van der Waals surface area (Å²) in [5.74, 6) is 0.929. The van der Waals surface area contributed by atoms with Crippen LogP contribution in [0.5, 0.6) is 5.75 Å². The van der Waals surface area contributed by atoms with Crippen molar-refractivity contribution in [3.05, 3.63) is 86.5 Å². The van der Waals surface area contributed by atoms with Crippen LogP contribution in [0.15, 0.2) is 47.2 Å². The third-order valence-corrected chi connectivity index (χ3v) is 5.80. The van der Waals surface area contributed by atoms with Crippen LogP contribution in [0.25, 0.3) is 0 Å². The average Bonchev–Trinajstić information content (AvgIpc) is 3.36. The molecule has 2 aromatic heterocycles. The highest BCUT2D eigenvalue weighted by Gasteiger charge is 2.22. The number of aryl methyl sites for hydroxylation is 3. The molecule has 4 rings (SSSR count). The molecule has 0 saturated carbocycles. The topological polar surface area (TPSA) is 95.1 Å². The van der Waals surface area contributed by atoms with E-state index in [1.54, 1.807) is 23.7 Å². The molecule has 0 saturated heterocycles. The second-order valence-corrected chi connectivity index (χ2v) is 8.36. The summed E-state index contributed by atoms with van der Waals surface area (Å²) in [5.41, 5.74) is 3.59. The van der Waals surface area contributed by atoms with E-state index in [1.165, 1.54) is 6.33 Å². The van der Waals surface area contributed by atoms with Crippen LogP contribution in [0.3, 0.4) is 0 Å². The van der Waals surface area contributed by atoms with Crippen molar-refractivity contribution in [1.82, 2.24) is 19.9 Å². The minimum atomic E-state index is -0.487. The fourth-order valence-corrected chi connectivity index (χ4v) is 3.65. The lowest BCUT2D eigenvalue weighted by molar-refractivity contribution is 0.101. The Morgan fingerprint density at radius 3 is 2.61 bits per heavy atom. The van der Waals surface area contributed by atoms with Crippen molar-refractivity contribution in [3.63, 3.8) is 0 Å². The molecular formula is C23H21Cl2N5O3. The second-order valence-electron chi connectivity index (χ2n) is 7.54. The number of ether oxygens (including phenoxy) is 1. The minimum Gasteiger partial charge on any atom is -0.488 e. The van der Waals surface area contributed by atoms with E-state index < -0.39 is 5.91 Å². The minimum absolute atomic E-state index is 0.125. The van der Waals surface area contributed by atoms with Gasteiger partial charge in [0.1, 0.15) is 24.4 Å². The zero-order chi connectivity index (χ0) is 23.5. The van der Waals surface area contributed by atoms with E-state index in [9.17, 15) is 4.79 Å². The van der Waals surface area contributed by atoms with Crippen LogP contribution in [0.4, 0.5) is 5.95 Å². The maximum Gasteiger partial charge on any atom is 0.280 e. The summed E-state index contributed by atoms with van der Waals surface area (Å²) in [6, 6.07) is 11.2. The Morgan fingerprint density at radius 2 is 1.88 bits per heavy atom. The summed E-state index contributed by atoms with van der Waals surface area (Å²) in [7, 11) is 0. The molecule has 4 aromatic rings. The molecule has 0 aliphatic carbocycles. The molecule has 0 aliphatic rings. The Kier molecular flexibility index (Phi) is 6.67. The number of amides is 1. The van der Waals surface area contributed by atoms with Crippen molar-refractivity contribution >= 4 is 35.1 Å². The number of anilines is 1. The van der Waals surface area contributed by atoms with Gasteiger partial charge in [0.25, 0.3) is 5.91 Å². The predicted octanol–water partition coefficient (Wildman–Crippen LogP) is 5.38. The normalized spacial score (nSPS) is 10.9. The van der Waals surface area contributed by atoms with Crippen molar-refractivity contribution < 1.29 is 14.1 Å². The molecule has 0 radical (unpaired) electrons. The van der Waals surface area contributed by atoms with Gasteiger partial charge in [0, 0.05) is 0 Å². The molecule has 0 fully saturated rings. The number of carbonyl (C=O) groups excluding carboxylic acids is 1. The molecule has 2 heterocycles. The monoisotopic (exact) mass is 485 g/mol. The van der Waals surface area contributed by atoms with E-state index in [0.29, 0.717) is 27.9 Å². The van der Waals surface area contributed by atoms with Gasteiger partial charge in [-0.25, -0.2) is 9.67 Å². The van der Waals surface area contributed by atoms with Gasteiger partial charge in [0.05, 0.1) is 22.2 Å². The number of hydrogen-bond donors (Lipinski definition) is 1. The summed E-state index contributed by atoms with van der Waals surface area (Å²) >= 11 is 12.0. The maximum absolute atomic E-state index is 12.8. The lowest BCUT2D eigenvalue weighted by Crippen LogP contribution is -2.16. The van der Waals surface area contributed by atoms with Crippen LogP contribution in [-0.4, -0.2) is 25.8 Å². The Hall–Kier alpha value is -3.36. The largest absolute Gasteiger partial charge is 0.488 e. The number of hydrogen-bond acceptors (Lipinski definition) is 6. The molecule has 0 spiro atoms. The predicted molar refractivity (Wildman–Crippen MR) is 125 cm³/mol. The van der Waals surface area contributed by atoms with Gasteiger partial charge in [0.2, 0.25) is 5.95 Å². The number of halogens is 2. The van der Waals surface area contributed by atoms with Gasteiger partial charge in [-0.2, -0.15) is 0 Å². The van der Waals surface area contributed by atoms with Crippen molar-refractivity contribution in [2.24, 2.45) is 0 Å². The number of nitrogens with one attached hydrogen (secondary N) is 1. The molecule has 0 unspecified atom stereocenters. The van der Waals surface area contributed by atoms with Gasteiger partial charge in [-0.3, -0.25) is 10.1 Å². The van der Waals surface area contributed by atoms with Gasteiger partial charge >= 0.3 is 0 Å². The van der Waals surface area contributed by atoms with Crippen LogP contribution < -0.4 is 10.1 Å². The third-order valence-electron chi connectivity index (χ3n) is 5.06. The van der Waals surface area contributed by atoms with Crippen LogP contribution in [0, 0.1) is 20.8 Å². The zero-order valence-corrected chi connectivity index (χ0v) is 19.7. The van der Waals surface area contributed by atoms with Gasteiger partial charge in [-0.15, -0.1) is 5.10 Å². The SMILES string of the molecule is Cc1cccc(C)c1OCc1c(C(=O)Nc2ncn(Cc3ccc(Cl)c(Cl)c3)n2)noc1C. The number of rotatable bonds is 7. The van der Waals surface area contributed by atoms with Crippen LogP contribution in [0.1, 0.15) is 38.5 Å². The highest BCUT2D eigenvalue weighted by molar-refractivity contribution is 6.42. The first-order chi connectivity index (χ1) is 15.8. The fraction of sp³-hybridized carbons (Fsp3) is 0.217. The van der Waals surface area contributed by atoms with E-state index in [1.807, 2.05) is 38.1 Å². The van der Waals surface area contributed by atoms with E-state index in [2.05, 4.69) is 20.6 Å². The van der Waals surface area contributed by atoms with E-state index in [0.717, 1.165) is 22.4 Å². The van der Waals surface area contributed by atoms with Crippen molar-refractivity contribution in [2.45, 2.75) is 33.9 Å². The summed E-state index contributed by atoms with van der Waals surface area (Å²) < 4.78 is 12.8. The Labute approximate surface area is 200 Å². The molecule has 10 heteroatoms. The summed E-state index contributed by atoms with van der Waals surface area (Å²) in [6.45, 7) is 6.23. The van der Waals surface area contributed by atoms with Crippen LogP contribution >= 0.6 is 23.2 Å². The van der Waals surface area contributed by atoms with Gasteiger partial charge < -0.3 is 9.26 Å². The Bertz CT molecular complexity index is 1300. The molecule has 0 aliphatic heterocycles. The molecule has 0 bridgehead atoms. The molecule has 33 heavy (non-hydrogen) atoms. The lowest BCUT2D eigenvalue weighted by atomic mass is 10.1. The first-order valence-corrected chi connectivity index (χ1v) is 10.9. The molecule has 170 valence electrons. The number of aromatic nitrogens is 4. The summed E-state index contributed by atoms with van der Waals surface area (Å²) in [6.07, 6.45) is 1.51. The van der Waals surface area contributed by atoms with Crippen molar-refractivity contribution in [1.29, 1.82) is 0 Å². The molecule has 1 amide bonds. The van der Waals surface area contributed by atoms with E-state index in [4.69, 9.17) is 32.5 Å².